The van der Waals surface area contributed by atoms with E-state index >= 15 is 0 Å². The number of nitrogens with two attached hydrogens (primary N) is 1. The quantitative estimate of drug-likeness (QED) is 0.865. The molecule has 86 valence electrons. The molecule has 0 spiro atoms. The molecule has 1 aromatic carbocycles. The van der Waals surface area contributed by atoms with E-state index < -0.39 is 0 Å². The summed E-state index contributed by atoms with van der Waals surface area (Å²) in [6.07, 6.45) is 1.91. The summed E-state index contributed by atoms with van der Waals surface area (Å²) in [6, 6.07) is 9.53. The topological polar surface area (TPSA) is 71.8 Å². The summed E-state index contributed by atoms with van der Waals surface area (Å²) in [7, 11) is 0. The summed E-state index contributed by atoms with van der Waals surface area (Å²) >= 11 is 0. The molecule has 4 nitrogen and oxygen atoms in total. The Labute approximate surface area is 99.3 Å². The fourth-order valence-corrected chi connectivity index (χ4v) is 1.81. The molecular weight excluding hydrogens is 214 g/mol. The van der Waals surface area contributed by atoms with Gasteiger partial charge in [-0.05, 0) is 24.3 Å². The van der Waals surface area contributed by atoms with Crippen LogP contribution in [0.15, 0.2) is 30.5 Å². The van der Waals surface area contributed by atoms with Crippen molar-refractivity contribution in [1.82, 2.24) is 4.57 Å². The third-order valence-electron chi connectivity index (χ3n) is 2.86. The summed E-state index contributed by atoms with van der Waals surface area (Å²) < 4.78 is 1.98. The van der Waals surface area contributed by atoms with Gasteiger partial charge in [0.15, 0.2) is 0 Å². The molecule has 1 aromatic heterocycles. The van der Waals surface area contributed by atoms with E-state index in [1.54, 1.807) is 13.0 Å². The van der Waals surface area contributed by atoms with Gasteiger partial charge in [0.1, 0.15) is 0 Å². The molecule has 0 saturated heterocycles. The smallest absolute Gasteiger partial charge is 0.222 e. The molecule has 0 radical (unpaired) electrons. The molecule has 1 atom stereocenters. The zero-order chi connectivity index (χ0) is 12.4. The fourth-order valence-electron chi connectivity index (χ4n) is 1.81. The lowest BCUT2D eigenvalue weighted by molar-refractivity contribution is -0.121. The Morgan fingerprint density at radius 2 is 2.29 bits per heavy atom. The molecule has 2 aromatic rings. The van der Waals surface area contributed by atoms with Crippen LogP contribution in [0, 0.1) is 17.2 Å². The molecule has 0 fully saturated rings. The minimum absolute atomic E-state index is 0.207. The van der Waals surface area contributed by atoms with Crippen LogP contribution in [0.3, 0.4) is 0 Å². The van der Waals surface area contributed by atoms with Crippen molar-refractivity contribution < 1.29 is 4.79 Å². The zero-order valence-electron chi connectivity index (χ0n) is 9.55. The van der Waals surface area contributed by atoms with Crippen molar-refractivity contribution in [2.45, 2.75) is 13.5 Å². The number of amides is 1. The highest BCUT2D eigenvalue weighted by atomic mass is 16.1. The lowest BCUT2D eigenvalue weighted by Crippen LogP contribution is -2.24. The Morgan fingerprint density at radius 1 is 1.53 bits per heavy atom. The van der Waals surface area contributed by atoms with Gasteiger partial charge in [-0.3, -0.25) is 4.79 Å². The van der Waals surface area contributed by atoms with Crippen LogP contribution >= 0.6 is 0 Å². The number of hydrogen-bond donors (Lipinski definition) is 1. The molecule has 2 N–H and O–H groups in total. The average Bonchev–Trinajstić information content (AvgIpc) is 2.71. The van der Waals surface area contributed by atoms with Crippen molar-refractivity contribution in [2.75, 3.05) is 0 Å². The molecule has 0 saturated carbocycles. The number of carbonyl (C=O) groups excluding carboxylic acids is 1. The van der Waals surface area contributed by atoms with E-state index in [1.807, 2.05) is 29.0 Å². The van der Waals surface area contributed by atoms with Crippen molar-refractivity contribution >= 4 is 16.8 Å². The Kier molecular flexibility index (Phi) is 2.84. The van der Waals surface area contributed by atoms with Crippen molar-refractivity contribution in [3.63, 3.8) is 0 Å². The molecule has 0 aliphatic heterocycles. The van der Waals surface area contributed by atoms with Crippen molar-refractivity contribution in [1.29, 1.82) is 5.26 Å². The van der Waals surface area contributed by atoms with E-state index in [9.17, 15) is 4.79 Å². The largest absolute Gasteiger partial charge is 0.369 e. The van der Waals surface area contributed by atoms with Crippen LogP contribution < -0.4 is 5.73 Å². The average molecular weight is 227 g/mol. The van der Waals surface area contributed by atoms with Crippen LogP contribution in [-0.2, 0) is 11.3 Å². The molecule has 0 bridgehead atoms. The second-order valence-corrected chi connectivity index (χ2v) is 4.16. The third kappa shape index (κ3) is 2.13. The summed E-state index contributed by atoms with van der Waals surface area (Å²) in [5, 5.41) is 9.80. The number of aromatic nitrogens is 1. The van der Waals surface area contributed by atoms with Crippen LogP contribution in [-0.4, -0.2) is 10.5 Å². The van der Waals surface area contributed by atoms with Crippen LogP contribution in [0.2, 0.25) is 0 Å². The molecule has 17 heavy (non-hydrogen) atoms. The highest BCUT2D eigenvalue weighted by molar-refractivity contribution is 5.82. The molecule has 1 amide bonds. The van der Waals surface area contributed by atoms with Crippen LogP contribution in [0.25, 0.3) is 10.9 Å². The van der Waals surface area contributed by atoms with Crippen molar-refractivity contribution in [3.05, 3.63) is 36.0 Å². The number of nitriles is 1. The first-order chi connectivity index (χ1) is 8.11. The Balaban J connectivity index is 2.37. The van der Waals surface area contributed by atoms with Gasteiger partial charge >= 0.3 is 0 Å². The highest BCUT2D eigenvalue weighted by Gasteiger charge is 2.11. The number of fused-ring (bicyclic) bond motifs is 1. The van der Waals surface area contributed by atoms with Gasteiger partial charge in [0, 0.05) is 23.6 Å². The van der Waals surface area contributed by atoms with E-state index in [4.69, 9.17) is 11.0 Å². The SMILES string of the molecule is CC(Cn1ccc2cc(C#N)ccc21)C(N)=O. The number of nitrogens with zero attached hydrogens (tertiary/aromatic N) is 2. The zero-order valence-corrected chi connectivity index (χ0v) is 9.55. The minimum atomic E-state index is -0.305. The second-order valence-electron chi connectivity index (χ2n) is 4.16. The van der Waals surface area contributed by atoms with Gasteiger partial charge in [-0.1, -0.05) is 6.92 Å². The Morgan fingerprint density at radius 3 is 2.94 bits per heavy atom. The van der Waals surface area contributed by atoms with Gasteiger partial charge in [-0.15, -0.1) is 0 Å². The Hall–Kier alpha value is -2.28. The first-order valence-electron chi connectivity index (χ1n) is 5.40. The van der Waals surface area contributed by atoms with Gasteiger partial charge in [0.2, 0.25) is 5.91 Å². The number of hydrogen-bond acceptors (Lipinski definition) is 2. The van der Waals surface area contributed by atoms with Gasteiger partial charge in [0.25, 0.3) is 0 Å². The summed E-state index contributed by atoms with van der Waals surface area (Å²) in [6.45, 7) is 2.36. The molecular formula is C13H13N3O. The third-order valence-corrected chi connectivity index (χ3v) is 2.86. The number of rotatable bonds is 3. The van der Waals surface area contributed by atoms with Gasteiger partial charge < -0.3 is 10.3 Å². The molecule has 4 heteroatoms. The first-order valence-corrected chi connectivity index (χ1v) is 5.40. The van der Waals surface area contributed by atoms with E-state index in [2.05, 4.69) is 6.07 Å². The molecule has 1 unspecified atom stereocenters. The lowest BCUT2D eigenvalue weighted by atomic mass is 10.1. The maximum absolute atomic E-state index is 11.0. The summed E-state index contributed by atoms with van der Waals surface area (Å²) in [5.41, 5.74) is 6.90. The van der Waals surface area contributed by atoms with Gasteiger partial charge in [-0.25, -0.2) is 0 Å². The summed E-state index contributed by atoms with van der Waals surface area (Å²) in [5.74, 6) is -0.512. The van der Waals surface area contributed by atoms with E-state index in [0.717, 1.165) is 10.9 Å². The normalized spacial score (nSPS) is 12.2. The van der Waals surface area contributed by atoms with Crippen LogP contribution in [0.4, 0.5) is 0 Å². The van der Waals surface area contributed by atoms with E-state index in [0.29, 0.717) is 12.1 Å². The molecule has 1 heterocycles. The lowest BCUT2D eigenvalue weighted by Gasteiger charge is -2.09. The van der Waals surface area contributed by atoms with E-state index in [1.165, 1.54) is 0 Å². The predicted molar refractivity (Wildman–Crippen MR) is 65.0 cm³/mol. The highest BCUT2D eigenvalue weighted by Crippen LogP contribution is 2.18. The predicted octanol–water partition coefficient (Wildman–Crippen LogP) is 1.63. The Bertz CT molecular complexity index is 607. The number of carbonyl (C=O) groups is 1. The van der Waals surface area contributed by atoms with Crippen molar-refractivity contribution in [2.24, 2.45) is 11.7 Å². The van der Waals surface area contributed by atoms with Crippen molar-refractivity contribution in [3.8, 4) is 6.07 Å². The standard InChI is InChI=1S/C13H13N3O/c1-9(13(15)17)8-16-5-4-11-6-10(7-14)2-3-12(11)16/h2-6,9H,8H2,1H3,(H2,15,17). The van der Waals surface area contributed by atoms with Crippen LogP contribution in [0.1, 0.15) is 12.5 Å². The maximum Gasteiger partial charge on any atom is 0.222 e. The molecule has 0 aliphatic rings. The first kappa shape index (κ1) is 11.2. The number of benzene rings is 1. The second kappa shape index (κ2) is 4.30. The molecule has 0 aliphatic carbocycles. The molecule has 2 rings (SSSR count). The fraction of sp³-hybridized carbons (Fsp3) is 0.231. The minimum Gasteiger partial charge on any atom is -0.369 e. The number of primary amides is 1. The van der Waals surface area contributed by atoms with Gasteiger partial charge in [0.05, 0.1) is 17.6 Å². The summed E-state index contributed by atoms with van der Waals surface area (Å²) in [4.78, 5) is 11.0. The maximum atomic E-state index is 11.0. The van der Waals surface area contributed by atoms with Gasteiger partial charge in [-0.2, -0.15) is 5.26 Å². The van der Waals surface area contributed by atoms with E-state index in [-0.39, 0.29) is 11.8 Å². The monoisotopic (exact) mass is 227 g/mol. The van der Waals surface area contributed by atoms with Crippen LogP contribution in [0.5, 0.6) is 0 Å².